The van der Waals surface area contributed by atoms with Gasteiger partial charge >= 0.3 is 0 Å². The van der Waals surface area contributed by atoms with Crippen molar-refractivity contribution >= 4 is 17.8 Å². The number of rotatable bonds is 2. The number of allylic oxidation sites excluding steroid dienone is 2. The van der Waals surface area contributed by atoms with Crippen LogP contribution in [-0.4, -0.2) is 29.2 Å². The first kappa shape index (κ1) is 10.3. The van der Waals surface area contributed by atoms with Gasteiger partial charge in [-0.15, -0.1) is 0 Å². The SMILES string of the molecule is O=C([O-])CN1C(=O)[C@@H]2[C@H]3C=C[C@H]([C@H]4C[C@@H]34)[C@@H]2C1=O. The molecule has 0 radical (unpaired) electrons. The molecule has 5 rings (SSSR count). The van der Waals surface area contributed by atoms with Crippen molar-refractivity contribution in [3.63, 3.8) is 0 Å². The fraction of sp³-hybridized carbons (Fsp3) is 0.615. The second-order valence-electron chi connectivity index (χ2n) is 5.79. The predicted molar refractivity (Wildman–Crippen MR) is 56.4 cm³/mol. The van der Waals surface area contributed by atoms with Crippen molar-refractivity contribution < 1.29 is 19.5 Å². The normalized spacial score (nSPS) is 47.2. The molecular formula is C13H12NO4-. The van der Waals surface area contributed by atoms with Crippen molar-refractivity contribution in [3.8, 4) is 0 Å². The number of aliphatic carboxylic acids is 1. The summed E-state index contributed by atoms with van der Waals surface area (Å²) in [7, 11) is 0. The number of carbonyl (C=O) groups excluding carboxylic acids is 3. The number of hydrogen-bond donors (Lipinski definition) is 0. The molecule has 1 aliphatic heterocycles. The molecule has 94 valence electrons. The van der Waals surface area contributed by atoms with Crippen LogP contribution < -0.4 is 5.11 Å². The molecule has 0 spiro atoms. The lowest BCUT2D eigenvalue weighted by molar-refractivity contribution is -0.305. The number of hydrogen-bond acceptors (Lipinski definition) is 4. The molecule has 2 amide bonds. The number of likely N-dealkylation sites (tertiary alicyclic amines) is 1. The van der Waals surface area contributed by atoms with Gasteiger partial charge in [0, 0.05) is 0 Å². The third-order valence-corrected chi connectivity index (χ3v) is 5.04. The zero-order chi connectivity index (χ0) is 12.6. The fourth-order valence-electron chi connectivity index (χ4n) is 4.30. The van der Waals surface area contributed by atoms with Gasteiger partial charge in [0.25, 0.3) is 0 Å². The maximum atomic E-state index is 12.2. The number of amides is 2. The van der Waals surface area contributed by atoms with Crippen LogP contribution in [0.1, 0.15) is 6.42 Å². The largest absolute Gasteiger partial charge is 0.548 e. The van der Waals surface area contributed by atoms with E-state index in [2.05, 4.69) is 12.2 Å². The van der Waals surface area contributed by atoms with Crippen molar-refractivity contribution in [3.05, 3.63) is 12.2 Å². The number of carboxylic acid groups (broad SMARTS) is 1. The maximum absolute atomic E-state index is 12.2. The lowest BCUT2D eigenvalue weighted by Crippen LogP contribution is -2.42. The molecule has 3 fully saturated rings. The Morgan fingerprint density at radius 3 is 2.11 bits per heavy atom. The summed E-state index contributed by atoms with van der Waals surface area (Å²) in [5, 5.41) is 10.6. The summed E-state index contributed by atoms with van der Waals surface area (Å²) in [6.07, 6.45) is 5.23. The minimum absolute atomic E-state index is 0.146. The van der Waals surface area contributed by atoms with E-state index in [-0.39, 0.29) is 35.5 Å². The highest BCUT2D eigenvalue weighted by atomic mass is 16.4. The number of imide groups is 1. The van der Waals surface area contributed by atoms with Gasteiger partial charge in [0.05, 0.1) is 24.3 Å². The van der Waals surface area contributed by atoms with Gasteiger partial charge < -0.3 is 9.90 Å². The van der Waals surface area contributed by atoms with Crippen LogP contribution in [0.4, 0.5) is 0 Å². The van der Waals surface area contributed by atoms with E-state index >= 15 is 0 Å². The summed E-state index contributed by atoms with van der Waals surface area (Å²) in [4.78, 5) is 36.0. The summed E-state index contributed by atoms with van der Waals surface area (Å²) < 4.78 is 0. The molecule has 2 saturated carbocycles. The van der Waals surface area contributed by atoms with E-state index < -0.39 is 12.5 Å². The first-order valence-electron chi connectivity index (χ1n) is 6.33. The van der Waals surface area contributed by atoms with Crippen molar-refractivity contribution in [1.82, 2.24) is 4.90 Å². The van der Waals surface area contributed by atoms with Crippen LogP contribution in [0.2, 0.25) is 0 Å². The first-order valence-corrected chi connectivity index (χ1v) is 6.33. The predicted octanol–water partition coefficient (Wildman–Crippen LogP) is -1.21. The summed E-state index contributed by atoms with van der Waals surface area (Å²) >= 11 is 0. The van der Waals surface area contributed by atoms with Crippen molar-refractivity contribution in [2.24, 2.45) is 35.5 Å². The molecule has 5 aliphatic rings. The lowest BCUT2D eigenvalue weighted by atomic mass is 9.63. The van der Waals surface area contributed by atoms with Gasteiger partial charge in [-0.25, -0.2) is 0 Å². The van der Waals surface area contributed by atoms with E-state index in [0.29, 0.717) is 11.8 Å². The topological polar surface area (TPSA) is 77.5 Å². The van der Waals surface area contributed by atoms with Gasteiger partial charge in [0.1, 0.15) is 0 Å². The van der Waals surface area contributed by atoms with E-state index in [1.165, 1.54) is 0 Å². The summed E-state index contributed by atoms with van der Waals surface area (Å²) in [5.41, 5.74) is 0. The zero-order valence-corrected chi connectivity index (χ0v) is 9.61. The second-order valence-corrected chi connectivity index (χ2v) is 5.79. The highest BCUT2D eigenvalue weighted by molar-refractivity contribution is 6.07. The third kappa shape index (κ3) is 1.05. The maximum Gasteiger partial charge on any atom is 0.234 e. The van der Waals surface area contributed by atoms with Crippen molar-refractivity contribution in [2.75, 3.05) is 6.54 Å². The van der Waals surface area contributed by atoms with Crippen molar-refractivity contribution in [1.29, 1.82) is 0 Å². The average Bonchev–Trinajstić information content (AvgIpc) is 3.11. The number of carboxylic acids is 1. The highest BCUT2D eigenvalue weighted by Gasteiger charge is 2.66. The Hall–Kier alpha value is -1.65. The first-order chi connectivity index (χ1) is 8.59. The molecule has 1 saturated heterocycles. The van der Waals surface area contributed by atoms with Crippen LogP contribution in [0.15, 0.2) is 12.2 Å². The molecule has 5 nitrogen and oxygen atoms in total. The van der Waals surface area contributed by atoms with Gasteiger partial charge in [0.15, 0.2) is 0 Å². The molecule has 5 heteroatoms. The Balaban J connectivity index is 1.72. The minimum Gasteiger partial charge on any atom is -0.548 e. The van der Waals surface area contributed by atoms with Crippen LogP contribution in [0, 0.1) is 35.5 Å². The van der Waals surface area contributed by atoms with Crippen LogP contribution >= 0.6 is 0 Å². The molecule has 0 N–H and O–H groups in total. The van der Waals surface area contributed by atoms with Gasteiger partial charge in [0.2, 0.25) is 11.8 Å². The van der Waals surface area contributed by atoms with Crippen LogP contribution in [0.25, 0.3) is 0 Å². The average molecular weight is 246 g/mol. The van der Waals surface area contributed by atoms with E-state index in [0.717, 1.165) is 11.3 Å². The summed E-state index contributed by atoms with van der Waals surface area (Å²) in [6, 6.07) is 0. The molecule has 18 heavy (non-hydrogen) atoms. The smallest absolute Gasteiger partial charge is 0.234 e. The van der Waals surface area contributed by atoms with Gasteiger partial charge in [-0.2, -0.15) is 0 Å². The Morgan fingerprint density at radius 2 is 1.67 bits per heavy atom. The molecule has 0 aromatic heterocycles. The molecule has 6 atom stereocenters. The van der Waals surface area contributed by atoms with Gasteiger partial charge in [-0.1, -0.05) is 12.2 Å². The lowest BCUT2D eigenvalue weighted by Gasteiger charge is -2.37. The Morgan fingerprint density at radius 1 is 1.17 bits per heavy atom. The van der Waals surface area contributed by atoms with E-state index in [9.17, 15) is 19.5 Å². The number of carbonyl (C=O) groups is 3. The van der Waals surface area contributed by atoms with E-state index in [4.69, 9.17) is 0 Å². The number of nitrogens with zero attached hydrogens (tertiary/aromatic N) is 1. The summed E-state index contributed by atoms with van der Waals surface area (Å²) in [6.45, 7) is -0.598. The van der Waals surface area contributed by atoms with Crippen LogP contribution in [-0.2, 0) is 14.4 Å². The molecule has 0 aromatic rings. The van der Waals surface area contributed by atoms with Crippen LogP contribution in [0.3, 0.4) is 0 Å². The van der Waals surface area contributed by atoms with Crippen LogP contribution in [0.5, 0.6) is 0 Å². The van der Waals surface area contributed by atoms with Gasteiger partial charge in [-0.3, -0.25) is 14.5 Å². The quantitative estimate of drug-likeness (QED) is 0.452. The molecule has 4 aliphatic carbocycles. The molecule has 2 bridgehead atoms. The van der Waals surface area contributed by atoms with E-state index in [1.807, 2.05) is 0 Å². The molecular weight excluding hydrogens is 234 g/mol. The van der Waals surface area contributed by atoms with Crippen molar-refractivity contribution in [2.45, 2.75) is 6.42 Å². The monoisotopic (exact) mass is 246 g/mol. The fourth-order valence-corrected chi connectivity index (χ4v) is 4.30. The molecule has 1 heterocycles. The minimum atomic E-state index is -1.37. The Bertz CT molecular complexity index is 475. The Kier molecular flexibility index (Phi) is 1.73. The van der Waals surface area contributed by atoms with E-state index in [1.54, 1.807) is 0 Å². The third-order valence-electron chi connectivity index (χ3n) is 5.04. The molecule has 0 unspecified atom stereocenters. The zero-order valence-electron chi connectivity index (χ0n) is 9.61. The second kappa shape index (κ2) is 3.02. The van der Waals surface area contributed by atoms with Gasteiger partial charge in [-0.05, 0) is 30.1 Å². The molecule has 0 aromatic carbocycles. The Labute approximate surface area is 103 Å². The highest BCUT2D eigenvalue weighted by Crippen LogP contribution is 2.65. The standard InChI is InChI=1S/C13H13NO4/c15-9(16)4-14-12(17)10-5-1-2-6(8-3-7(5)8)11(10)13(14)18/h1-2,5-8,10-11H,3-4H2,(H,15,16)/p-1/t5-,6+,7-,8+,10+,11-. The summed E-state index contributed by atoms with van der Waals surface area (Å²) in [5.74, 6) is -1.23.